The third kappa shape index (κ3) is 4.53. The maximum atomic E-state index is 9.89. The minimum Gasteiger partial charge on any atom is -0.504 e. The molecule has 1 unspecified atom stereocenters. The molecule has 0 spiro atoms. The lowest BCUT2D eigenvalue weighted by molar-refractivity contribution is 0.183. The molecule has 0 aliphatic carbocycles. The van der Waals surface area contributed by atoms with E-state index in [4.69, 9.17) is 9.84 Å². The summed E-state index contributed by atoms with van der Waals surface area (Å²) in [5.41, 5.74) is 0.766. The van der Waals surface area contributed by atoms with E-state index in [2.05, 4.69) is 21.2 Å². The number of hydrogen-bond acceptors (Lipinski definition) is 4. The summed E-state index contributed by atoms with van der Waals surface area (Å²) in [6, 6.07) is 3.56. The molecule has 0 radical (unpaired) electrons. The fourth-order valence-electron chi connectivity index (χ4n) is 1.45. The molecule has 0 aromatic heterocycles. The van der Waals surface area contributed by atoms with E-state index in [1.165, 1.54) is 7.11 Å². The van der Waals surface area contributed by atoms with Crippen LogP contribution in [-0.2, 0) is 6.54 Å². The summed E-state index contributed by atoms with van der Waals surface area (Å²) in [7, 11) is 1.52. The van der Waals surface area contributed by atoms with Gasteiger partial charge >= 0.3 is 0 Å². The standard InChI is InChI=1S/C12H18BrNO3/c1-8(15)3-4-14-7-9-5-10(13)6-11(17-2)12(9)16/h5-6,8,14-16H,3-4,7H2,1-2H3. The number of halogens is 1. The fourth-order valence-corrected chi connectivity index (χ4v) is 1.94. The zero-order valence-electron chi connectivity index (χ0n) is 10.0. The molecule has 96 valence electrons. The quantitative estimate of drug-likeness (QED) is 0.704. The van der Waals surface area contributed by atoms with Gasteiger partial charge in [0.2, 0.25) is 0 Å². The van der Waals surface area contributed by atoms with Crippen LogP contribution in [0.5, 0.6) is 11.5 Å². The van der Waals surface area contributed by atoms with Crippen molar-refractivity contribution in [3.8, 4) is 11.5 Å². The van der Waals surface area contributed by atoms with Gasteiger partial charge in [-0.2, -0.15) is 0 Å². The molecule has 4 nitrogen and oxygen atoms in total. The predicted molar refractivity (Wildman–Crippen MR) is 70.4 cm³/mol. The van der Waals surface area contributed by atoms with E-state index in [9.17, 15) is 5.11 Å². The summed E-state index contributed by atoms with van der Waals surface area (Å²) in [5.74, 6) is 0.604. The van der Waals surface area contributed by atoms with E-state index >= 15 is 0 Å². The molecule has 0 saturated heterocycles. The Bertz CT molecular complexity index is 369. The topological polar surface area (TPSA) is 61.7 Å². The number of benzene rings is 1. The van der Waals surface area contributed by atoms with Crippen LogP contribution in [0.4, 0.5) is 0 Å². The van der Waals surface area contributed by atoms with Crippen molar-refractivity contribution in [3.05, 3.63) is 22.2 Å². The van der Waals surface area contributed by atoms with Crippen molar-refractivity contribution in [3.63, 3.8) is 0 Å². The van der Waals surface area contributed by atoms with Gasteiger partial charge in [-0.1, -0.05) is 15.9 Å². The van der Waals surface area contributed by atoms with Crippen molar-refractivity contribution in [1.82, 2.24) is 5.32 Å². The van der Waals surface area contributed by atoms with E-state index in [1.807, 2.05) is 6.07 Å². The Hall–Kier alpha value is -0.780. The lowest BCUT2D eigenvalue weighted by atomic mass is 10.2. The molecule has 0 bridgehead atoms. The minimum atomic E-state index is -0.312. The van der Waals surface area contributed by atoms with Gasteiger partial charge in [0, 0.05) is 16.6 Å². The normalized spacial score (nSPS) is 12.5. The summed E-state index contributed by atoms with van der Waals surface area (Å²) >= 11 is 3.36. The third-order valence-corrected chi connectivity index (χ3v) is 2.85. The molecule has 0 amide bonds. The summed E-state index contributed by atoms with van der Waals surface area (Å²) in [5, 5.41) is 22.2. The average Bonchev–Trinajstić information content (AvgIpc) is 2.28. The summed E-state index contributed by atoms with van der Waals surface area (Å²) in [6.45, 7) is 2.99. The molecule has 0 aliphatic rings. The maximum Gasteiger partial charge on any atom is 0.162 e. The second-order valence-electron chi connectivity index (χ2n) is 3.93. The number of hydrogen-bond donors (Lipinski definition) is 3. The maximum absolute atomic E-state index is 9.89. The van der Waals surface area contributed by atoms with Gasteiger partial charge in [-0.25, -0.2) is 0 Å². The van der Waals surface area contributed by atoms with Crippen LogP contribution < -0.4 is 10.1 Å². The van der Waals surface area contributed by atoms with Crippen LogP contribution in [-0.4, -0.2) is 30.0 Å². The SMILES string of the molecule is COc1cc(Br)cc(CNCCC(C)O)c1O. The Balaban J connectivity index is 2.61. The highest BCUT2D eigenvalue weighted by molar-refractivity contribution is 9.10. The molecule has 3 N–H and O–H groups in total. The molecular weight excluding hydrogens is 286 g/mol. The van der Waals surface area contributed by atoms with E-state index in [-0.39, 0.29) is 11.9 Å². The van der Waals surface area contributed by atoms with Gasteiger partial charge in [-0.15, -0.1) is 0 Å². The van der Waals surface area contributed by atoms with Gasteiger partial charge < -0.3 is 20.3 Å². The van der Waals surface area contributed by atoms with E-state index < -0.39 is 0 Å². The highest BCUT2D eigenvalue weighted by Gasteiger charge is 2.09. The second kappa shape index (κ2) is 6.83. The lowest BCUT2D eigenvalue weighted by Crippen LogP contribution is -2.18. The number of aliphatic hydroxyl groups is 1. The van der Waals surface area contributed by atoms with Gasteiger partial charge in [0.25, 0.3) is 0 Å². The average molecular weight is 304 g/mol. The van der Waals surface area contributed by atoms with E-state index in [0.717, 1.165) is 10.0 Å². The Labute approximate surface area is 110 Å². The van der Waals surface area contributed by atoms with Crippen molar-refractivity contribution < 1.29 is 14.9 Å². The molecule has 0 aliphatic heterocycles. The monoisotopic (exact) mass is 303 g/mol. The first-order valence-electron chi connectivity index (χ1n) is 5.48. The van der Waals surface area contributed by atoms with Crippen molar-refractivity contribution >= 4 is 15.9 Å². The summed E-state index contributed by atoms with van der Waals surface area (Å²) < 4.78 is 5.92. The van der Waals surface area contributed by atoms with Crippen LogP contribution in [0.3, 0.4) is 0 Å². The van der Waals surface area contributed by atoms with Gasteiger partial charge in [0.1, 0.15) is 0 Å². The highest BCUT2D eigenvalue weighted by atomic mass is 79.9. The van der Waals surface area contributed by atoms with Crippen LogP contribution in [0.2, 0.25) is 0 Å². The zero-order chi connectivity index (χ0) is 12.8. The minimum absolute atomic E-state index is 0.153. The van der Waals surface area contributed by atoms with Gasteiger partial charge in [0.05, 0.1) is 13.2 Å². The van der Waals surface area contributed by atoms with Gasteiger partial charge in [0.15, 0.2) is 11.5 Å². The molecule has 17 heavy (non-hydrogen) atoms. The van der Waals surface area contributed by atoms with Crippen LogP contribution in [0.1, 0.15) is 18.9 Å². The summed E-state index contributed by atoms with van der Waals surface area (Å²) in [6.07, 6.45) is 0.375. The largest absolute Gasteiger partial charge is 0.504 e. The Morgan fingerprint density at radius 1 is 1.47 bits per heavy atom. The molecule has 1 aromatic rings. The molecule has 1 atom stereocenters. The number of methoxy groups -OCH3 is 1. The number of aromatic hydroxyl groups is 1. The molecule has 0 saturated carbocycles. The van der Waals surface area contributed by atoms with E-state index in [0.29, 0.717) is 25.3 Å². The molecule has 5 heteroatoms. The highest BCUT2D eigenvalue weighted by Crippen LogP contribution is 2.33. The number of nitrogens with one attached hydrogen (secondary N) is 1. The van der Waals surface area contributed by atoms with Gasteiger partial charge in [-0.3, -0.25) is 0 Å². The summed E-state index contributed by atoms with van der Waals surface area (Å²) in [4.78, 5) is 0. The van der Waals surface area contributed by atoms with Crippen molar-refractivity contribution in [2.24, 2.45) is 0 Å². The molecule has 1 aromatic carbocycles. The molecular formula is C12H18BrNO3. The van der Waals surface area contributed by atoms with Gasteiger partial charge in [-0.05, 0) is 32.0 Å². The number of rotatable bonds is 6. The van der Waals surface area contributed by atoms with Crippen molar-refractivity contribution in [1.29, 1.82) is 0 Å². The zero-order valence-corrected chi connectivity index (χ0v) is 11.6. The third-order valence-electron chi connectivity index (χ3n) is 2.39. The predicted octanol–water partition coefficient (Wildman–Crippen LogP) is 2.02. The number of ether oxygens (including phenoxy) is 1. The Morgan fingerprint density at radius 3 is 2.76 bits per heavy atom. The second-order valence-corrected chi connectivity index (χ2v) is 4.85. The lowest BCUT2D eigenvalue weighted by Gasteiger charge is -2.11. The van der Waals surface area contributed by atoms with Crippen LogP contribution in [0.15, 0.2) is 16.6 Å². The number of phenolic OH excluding ortho intramolecular Hbond substituents is 1. The van der Waals surface area contributed by atoms with Crippen LogP contribution in [0.25, 0.3) is 0 Å². The molecule has 0 fully saturated rings. The number of aliphatic hydroxyl groups excluding tert-OH is 1. The first-order chi connectivity index (χ1) is 8.04. The van der Waals surface area contributed by atoms with E-state index in [1.54, 1.807) is 13.0 Å². The first kappa shape index (κ1) is 14.3. The van der Waals surface area contributed by atoms with Crippen LogP contribution >= 0.6 is 15.9 Å². The fraction of sp³-hybridized carbons (Fsp3) is 0.500. The Kier molecular flexibility index (Phi) is 5.74. The molecule has 0 heterocycles. The Morgan fingerprint density at radius 2 is 2.18 bits per heavy atom. The number of phenols is 1. The van der Waals surface area contributed by atoms with Crippen molar-refractivity contribution in [2.45, 2.75) is 26.0 Å². The first-order valence-corrected chi connectivity index (χ1v) is 6.28. The van der Waals surface area contributed by atoms with Crippen molar-refractivity contribution in [2.75, 3.05) is 13.7 Å². The smallest absolute Gasteiger partial charge is 0.162 e. The van der Waals surface area contributed by atoms with Crippen LogP contribution in [0, 0.1) is 0 Å². The molecule has 1 rings (SSSR count).